The van der Waals surface area contributed by atoms with E-state index in [0.717, 1.165) is 38.8 Å². The maximum atomic E-state index is 13.1. The second-order valence-electron chi connectivity index (χ2n) is 7.49. The van der Waals surface area contributed by atoms with Gasteiger partial charge in [0.25, 0.3) is 5.88 Å². The van der Waals surface area contributed by atoms with Crippen LogP contribution in [0.5, 0.6) is 0 Å². The summed E-state index contributed by atoms with van der Waals surface area (Å²) >= 11 is 0. The van der Waals surface area contributed by atoms with Crippen LogP contribution in [0.15, 0.2) is 4.52 Å². The lowest BCUT2D eigenvalue weighted by atomic mass is 9.91. The number of nitrogens with zero attached hydrogens (tertiary/aromatic N) is 4. The van der Waals surface area contributed by atoms with Gasteiger partial charge in [0, 0.05) is 23.4 Å². The normalized spacial score (nSPS) is 30.7. The summed E-state index contributed by atoms with van der Waals surface area (Å²) in [4.78, 5) is 15.1. The van der Waals surface area contributed by atoms with Crippen LogP contribution in [0.3, 0.4) is 0 Å². The highest BCUT2D eigenvalue weighted by Gasteiger charge is 2.49. The van der Waals surface area contributed by atoms with Crippen molar-refractivity contribution in [1.82, 2.24) is 15.3 Å². The molecule has 2 atom stereocenters. The van der Waals surface area contributed by atoms with E-state index in [2.05, 4.69) is 15.3 Å². The maximum absolute atomic E-state index is 13.1. The zero-order chi connectivity index (χ0) is 18.5. The number of likely N-dealkylation sites (tertiary alicyclic amines) is 1. The number of hydrogen-bond acceptors (Lipinski definition) is 6. The van der Waals surface area contributed by atoms with Gasteiger partial charge < -0.3 is 19.4 Å². The van der Waals surface area contributed by atoms with E-state index in [9.17, 15) is 18.0 Å². The number of anilines is 1. The van der Waals surface area contributed by atoms with Gasteiger partial charge in [0.2, 0.25) is 5.69 Å². The van der Waals surface area contributed by atoms with Crippen LogP contribution in [0.2, 0.25) is 0 Å². The van der Waals surface area contributed by atoms with E-state index < -0.39 is 17.8 Å². The number of aromatic nitrogens is 2. The molecule has 0 spiro atoms. The molecule has 7 nitrogen and oxygen atoms in total. The molecule has 1 aromatic rings. The fraction of sp³-hybridized carbons (Fsp3) is 0.812. The third-order valence-corrected chi connectivity index (χ3v) is 6.08. The first-order valence-electron chi connectivity index (χ1n) is 8.99. The van der Waals surface area contributed by atoms with Crippen LogP contribution < -0.4 is 4.90 Å². The number of carbonyl (C=O) groups is 1. The van der Waals surface area contributed by atoms with Gasteiger partial charge in [-0.25, -0.2) is 0 Å². The highest BCUT2D eigenvalue weighted by atomic mass is 19.4. The van der Waals surface area contributed by atoms with Crippen LogP contribution in [0.25, 0.3) is 0 Å². The van der Waals surface area contributed by atoms with Crippen molar-refractivity contribution in [2.45, 2.75) is 62.8 Å². The van der Waals surface area contributed by atoms with E-state index in [-0.39, 0.29) is 29.9 Å². The van der Waals surface area contributed by atoms with Crippen molar-refractivity contribution in [1.29, 1.82) is 0 Å². The van der Waals surface area contributed by atoms with Crippen LogP contribution in [-0.2, 0) is 11.0 Å². The Morgan fingerprint density at radius 1 is 1.08 bits per heavy atom. The number of halogens is 3. The van der Waals surface area contributed by atoms with Crippen molar-refractivity contribution in [3.05, 3.63) is 5.69 Å². The second-order valence-corrected chi connectivity index (χ2v) is 7.49. The SMILES string of the molecule is O=C(O)C1CCN(C2CC3CCC(C2)N3c2onnc2C(F)(F)F)CC1. The Bertz CT molecular complexity index is 658. The molecule has 0 saturated carbocycles. The Kier molecular flexibility index (Phi) is 4.32. The van der Waals surface area contributed by atoms with Gasteiger partial charge in [0.1, 0.15) is 0 Å². The number of aliphatic carboxylic acids is 1. The van der Waals surface area contributed by atoms with Crippen LogP contribution >= 0.6 is 0 Å². The Morgan fingerprint density at radius 2 is 1.69 bits per heavy atom. The minimum atomic E-state index is -4.58. The van der Waals surface area contributed by atoms with Gasteiger partial charge in [-0.2, -0.15) is 13.2 Å². The van der Waals surface area contributed by atoms with Crippen LogP contribution in [-0.4, -0.2) is 57.6 Å². The highest BCUT2D eigenvalue weighted by Crippen LogP contribution is 2.45. The van der Waals surface area contributed by atoms with Crippen molar-refractivity contribution in [2.24, 2.45) is 5.92 Å². The monoisotopic (exact) mass is 374 g/mol. The fourth-order valence-corrected chi connectivity index (χ4v) is 4.82. The van der Waals surface area contributed by atoms with Crippen molar-refractivity contribution in [3.63, 3.8) is 0 Å². The van der Waals surface area contributed by atoms with Crippen LogP contribution in [0.4, 0.5) is 19.1 Å². The van der Waals surface area contributed by atoms with Gasteiger partial charge >= 0.3 is 12.1 Å². The van der Waals surface area contributed by atoms with Gasteiger partial charge in [-0.3, -0.25) is 4.79 Å². The lowest BCUT2D eigenvalue weighted by Crippen LogP contribution is -2.53. The highest BCUT2D eigenvalue weighted by molar-refractivity contribution is 5.70. The molecule has 3 saturated heterocycles. The zero-order valence-corrected chi connectivity index (χ0v) is 14.2. The third-order valence-electron chi connectivity index (χ3n) is 6.08. The minimum absolute atomic E-state index is 0.0215. The quantitative estimate of drug-likeness (QED) is 0.870. The summed E-state index contributed by atoms with van der Waals surface area (Å²) in [6.45, 7) is 1.47. The summed E-state index contributed by atoms with van der Waals surface area (Å²) in [6.07, 6.45) is -0.150. The molecule has 0 amide bonds. The number of carboxylic acid groups (broad SMARTS) is 1. The molecule has 26 heavy (non-hydrogen) atoms. The van der Waals surface area contributed by atoms with Crippen LogP contribution in [0, 0.1) is 5.92 Å². The molecule has 3 aliphatic rings. The number of fused-ring (bicyclic) bond motifs is 2. The molecule has 4 rings (SSSR count). The van der Waals surface area contributed by atoms with E-state index in [1.165, 1.54) is 0 Å². The van der Waals surface area contributed by atoms with Gasteiger partial charge in [0.15, 0.2) is 0 Å². The number of rotatable bonds is 3. The summed E-state index contributed by atoms with van der Waals surface area (Å²) in [6, 6.07) is 0.238. The van der Waals surface area contributed by atoms with Crippen molar-refractivity contribution < 1.29 is 27.6 Å². The van der Waals surface area contributed by atoms with Gasteiger partial charge in [-0.05, 0) is 51.6 Å². The standard InChI is InChI=1S/C16H21F3N4O3/c17-16(18,19)13-14(26-21-20-13)23-10-1-2-11(23)8-12(7-10)22-5-3-9(4-6-22)15(24)25/h9-12H,1-8H2,(H,24,25). The summed E-state index contributed by atoms with van der Waals surface area (Å²) < 4.78 is 44.3. The average Bonchev–Trinajstić information content (AvgIpc) is 3.16. The number of carboxylic acids is 1. The average molecular weight is 374 g/mol. The molecule has 2 bridgehead atoms. The lowest BCUT2D eigenvalue weighted by molar-refractivity contribution is -0.144. The molecule has 1 aromatic heterocycles. The van der Waals surface area contributed by atoms with E-state index in [1.807, 2.05) is 0 Å². The molecular weight excluding hydrogens is 353 g/mol. The number of alkyl halides is 3. The molecule has 0 aromatic carbocycles. The molecule has 3 aliphatic heterocycles. The first-order chi connectivity index (χ1) is 12.3. The molecule has 10 heteroatoms. The van der Waals surface area contributed by atoms with Gasteiger partial charge in [-0.1, -0.05) is 0 Å². The largest absolute Gasteiger partial charge is 0.481 e. The van der Waals surface area contributed by atoms with E-state index >= 15 is 0 Å². The van der Waals surface area contributed by atoms with Crippen molar-refractivity contribution >= 4 is 11.9 Å². The molecule has 144 valence electrons. The van der Waals surface area contributed by atoms with Gasteiger partial charge in [0.05, 0.1) is 5.92 Å². The lowest BCUT2D eigenvalue weighted by Gasteiger charge is -2.44. The predicted molar refractivity (Wildman–Crippen MR) is 83.5 cm³/mol. The van der Waals surface area contributed by atoms with E-state index in [0.29, 0.717) is 12.8 Å². The third kappa shape index (κ3) is 3.04. The molecule has 1 N–H and O–H groups in total. The Balaban J connectivity index is 1.46. The molecule has 3 fully saturated rings. The van der Waals surface area contributed by atoms with E-state index in [4.69, 9.17) is 9.63 Å². The fourth-order valence-electron chi connectivity index (χ4n) is 4.82. The Hall–Kier alpha value is -1.84. The smallest absolute Gasteiger partial charge is 0.440 e. The number of hydrogen-bond donors (Lipinski definition) is 1. The minimum Gasteiger partial charge on any atom is -0.481 e. The van der Waals surface area contributed by atoms with Crippen molar-refractivity contribution in [2.75, 3.05) is 18.0 Å². The van der Waals surface area contributed by atoms with E-state index in [1.54, 1.807) is 4.90 Å². The predicted octanol–water partition coefficient (Wildman–Crippen LogP) is 2.38. The summed E-state index contributed by atoms with van der Waals surface area (Å²) in [7, 11) is 0. The number of piperidine rings is 2. The van der Waals surface area contributed by atoms with Crippen molar-refractivity contribution in [3.8, 4) is 0 Å². The Labute approximate surface area is 148 Å². The molecule has 0 radical (unpaired) electrons. The van der Waals surface area contributed by atoms with Gasteiger partial charge in [-0.15, -0.1) is 5.10 Å². The Morgan fingerprint density at radius 3 is 2.23 bits per heavy atom. The first-order valence-corrected chi connectivity index (χ1v) is 8.99. The topological polar surface area (TPSA) is 82.7 Å². The molecular formula is C16H21F3N4O3. The zero-order valence-electron chi connectivity index (χ0n) is 14.2. The summed E-state index contributed by atoms with van der Waals surface area (Å²) in [5.41, 5.74) is -1.05. The second kappa shape index (κ2) is 6.40. The molecule has 2 unspecified atom stereocenters. The van der Waals surface area contributed by atoms with Crippen LogP contribution in [0.1, 0.15) is 44.2 Å². The molecule has 0 aliphatic carbocycles. The summed E-state index contributed by atoms with van der Waals surface area (Å²) in [5.74, 6) is -1.28. The first kappa shape index (κ1) is 17.6. The summed E-state index contributed by atoms with van der Waals surface area (Å²) in [5, 5.41) is 15.4. The molecule has 4 heterocycles. The maximum Gasteiger partial charge on any atom is 0.440 e.